The van der Waals surface area contributed by atoms with Gasteiger partial charge in [0.1, 0.15) is 23.7 Å². The summed E-state index contributed by atoms with van der Waals surface area (Å²) in [4.78, 5) is 57.3. The third-order valence-corrected chi connectivity index (χ3v) is 8.96. The number of rotatable bonds is 12. The number of benzene rings is 2. The topological polar surface area (TPSA) is 148 Å². The number of ether oxygens (including phenoxy) is 2. The van der Waals surface area contributed by atoms with Crippen LogP contribution < -0.4 is 10.6 Å². The predicted molar refractivity (Wildman–Crippen MR) is 178 cm³/mol. The summed E-state index contributed by atoms with van der Waals surface area (Å²) in [5.74, 6) is -2.50. The van der Waals surface area contributed by atoms with Crippen LogP contribution in [0.1, 0.15) is 77.6 Å². The van der Waals surface area contributed by atoms with E-state index in [0.29, 0.717) is 12.8 Å². The molecule has 0 aliphatic heterocycles. The van der Waals surface area contributed by atoms with Crippen molar-refractivity contribution in [2.45, 2.75) is 102 Å². The second-order valence-electron chi connectivity index (χ2n) is 13.9. The molecule has 0 saturated heterocycles. The number of nitrogens with one attached hydrogen (secondary N) is 2. The molecule has 1 unspecified atom stereocenters. The van der Waals surface area contributed by atoms with Gasteiger partial charge in [0.2, 0.25) is 11.8 Å². The molecule has 0 spiro atoms. The van der Waals surface area contributed by atoms with Crippen LogP contribution in [0.25, 0.3) is 0 Å². The number of carbonyl (C=O) groups is 4. The SMILES string of the molecule is COC(=O)[C@@H](CC(C)C)N(C(=O)[C@H](NC(=O)OC(C)(C)C)C1Cc2ccccc2C1)C(C(=O)NC(C)C)c1ccc(S(C)(=O)=O)cc1. The number of methoxy groups -OCH3 is 1. The number of fused-ring (bicyclic) bond motifs is 1. The van der Waals surface area contributed by atoms with Gasteiger partial charge in [0.25, 0.3) is 0 Å². The first-order valence-electron chi connectivity index (χ1n) is 15.9. The minimum Gasteiger partial charge on any atom is -0.467 e. The highest BCUT2D eigenvalue weighted by atomic mass is 32.2. The van der Waals surface area contributed by atoms with E-state index in [4.69, 9.17) is 9.47 Å². The van der Waals surface area contributed by atoms with Crippen molar-refractivity contribution < 1.29 is 37.1 Å². The number of carbonyl (C=O) groups excluding carboxylic acids is 4. The van der Waals surface area contributed by atoms with Gasteiger partial charge in [-0.2, -0.15) is 0 Å². The van der Waals surface area contributed by atoms with Crippen molar-refractivity contribution in [1.29, 1.82) is 0 Å². The maximum absolute atomic E-state index is 15.1. The standard InChI is InChI=1S/C35H49N3O8S/c1-21(2)18-28(33(41)45-8)38(30(31(39)36-22(3)4)23-14-16-27(17-15-23)47(9,43)44)32(40)29(37-34(42)46-35(5,6)7)26-19-24-12-10-11-13-25(24)20-26/h10-17,21-22,26,28-30H,18-20H2,1-9H3,(H,36,39)(H,37,42)/t28-,29-,30?/m1/s1. The lowest BCUT2D eigenvalue weighted by molar-refractivity contribution is -0.159. The molecule has 3 rings (SSSR count). The van der Waals surface area contributed by atoms with Crippen LogP contribution in [0, 0.1) is 11.8 Å². The molecule has 2 aromatic rings. The average molecular weight is 672 g/mol. The fourth-order valence-electron chi connectivity index (χ4n) is 5.87. The summed E-state index contributed by atoms with van der Waals surface area (Å²) >= 11 is 0. The minimum atomic E-state index is -3.57. The van der Waals surface area contributed by atoms with E-state index in [2.05, 4.69) is 10.6 Å². The molecule has 2 aromatic carbocycles. The van der Waals surface area contributed by atoms with Crippen molar-refractivity contribution in [2.24, 2.45) is 11.8 Å². The van der Waals surface area contributed by atoms with Gasteiger partial charge in [0, 0.05) is 12.3 Å². The molecule has 1 aliphatic carbocycles. The van der Waals surface area contributed by atoms with Crippen molar-refractivity contribution in [3.05, 3.63) is 65.2 Å². The Morgan fingerprint density at radius 1 is 0.915 bits per heavy atom. The smallest absolute Gasteiger partial charge is 0.408 e. The first-order valence-corrected chi connectivity index (χ1v) is 17.8. The molecule has 0 aromatic heterocycles. The van der Waals surface area contributed by atoms with E-state index in [0.717, 1.165) is 17.4 Å². The van der Waals surface area contributed by atoms with Crippen molar-refractivity contribution in [2.75, 3.05) is 13.4 Å². The molecular formula is C35H49N3O8S. The van der Waals surface area contributed by atoms with E-state index in [9.17, 15) is 22.8 Å². The lowest BCUT2D eigenvalue weighted by Gasteiger charge is -2.40. The maximum Gasteiger partial charge on any atom is 0.408 e. The molecule has 3 amide bonds. The Bertz CT molecular complexity index is 1520. The largest absolute Gasteiger partial charge is 0.467 e. The normalized spacial score (nSPS) is 15.4. The summed E-state index contributed by atoms with van der Waals surface area (Å²) < 4.78 is 35.3. The maximum atomic E-state index is 15.1. The fourth-order valence-corrected chi connectivity index (χ4v) is 6.50. The summed E-state index contributed by atoms with van der Waals surface area (Å²) in [6.45, 7) is 12.4. The number of sulfone groups is 1. The molecule has 3 atom stereocenters. The molecule has 0 fully saturated rings. The van der Waals surface area contributed by atoms with Crippen molar-refractivity contribution in [3.63, 3.8) is 0 Å². The van der Waals surface area contributed by atoms with Crippen LogP contribution in [0.2, 0.25) is 0 Å². The van der Waals surface area contributed by atoms with Crippen LogP contribution in [0.5, 0.6) is 0 Å². The second-order valence-corrected chi connectivity index (χ2v) is 15.9. The van der Waals surface area contributed by atoms with E-state index in [1.165, 1.54) is 36.3 Å². The van der Waals surface area contributed by atoms with Crippen molar-refractivity contribution in [1.82, 2.24) is 15.5 Å². The highest BCUT2D eigenvalue weighted by Gasteiger charge is 2.46. The summed E-state index contributed by atoms with van der Waals surface area (Å²) in [6.07, 6.45) is 1.34. The number of esters is 1. The van der Waals surface area contributed by atoms with E-state index in [1.807, 2.05) is 38.1 Å². The molecule has 0 heterocycles. The molecular weight excluding hydrogens is 622 g/mol. The van der Waals surface area contributed by atoms with Gasteiger partial charge in [-0.3, -0.25) is 9.59 Å². The van der Waals surface area contributed by atoms with E-state index >= 15 is 4.79 Å². The monoisotopic (exact) mass is 671 g/mol. The molecule has 0 radical (unpaired) electrons. The number of amides is 3. The zero-order chi connectivity index (χ0) is 35.3. The summed E-state index contributed by atoms with van der Waals surface area (Å²) in [5.41, 5.74) is 1.49. The van der Waals surface area contributed by atoms with Crippen LogP contribution >= 0.6 is 0 Å². The van der Waals surface area contributed by atoms with Gasteiger partial charge < -0.3 is 25.0 Å². The summed E-state index contributed by atoms with van der Waals surface area (Å²) in [6, 6.07) is 9.29. The second kappa shape index (κ2) is 15.3. The predicted octanol–water partition coefficient (Wildman–Crippen LogP) is 4.38. The van der Waals surface area contributed by atoms with E-state index in [-0.39, 0.29) is 28.8 Å². The van der Waals surface area contributed by atoms with Crippen molar-refractivity contribution in [3.8, 4) is 0 Å². The molecule has 12 heteroatoms. The molecule has 0 bridgehead atoms. The molecule has 2 N–H and O–H groups in total. The van der Waals surface area contributed by atoms with Crippen molar-refractivity contribution >= 4 is 33.7 Å². The van der Waals surface area contributed by atoms with Crippen LogP contribution in [0.3, 0.4) is 0 Å². The van der Waals surface area contributed by atoms with Gasteiger partial charge in [-0.25, -0.2) is 18.0 Å². The highest BCUT2D eigenvalue weighted by Crippen LogP contribution is 2.34. The molecule has 0 saturated carbocycles. The number of hydrogen-bond donors (Lipinski definition) is 2. The zero-order valence-corrected chi connectivity index (χ0v) is 29.6. The van der Waals surface area contributed by atoms with Gasteiger partial charge in [-0.05, 0) is 94.5 Å². The van der Waals surface area contributed by atoms with Gasteiger partial charge >= 0.3 is 12.1 Å². The summed E-state index contributed by atoms with van der Waals surface area (Å²) in [5, 5.41) is 5.66. The Morgan fingerprint density at radius 2 is 1.47 bits per heavy atom. The first-order chi connectivity index (χ1) is 21.8. The Kier molecular flexibility index (Phi) is 12.2. The first kappa shape index (κ1) is 37.5. The van der Waals surface area contributed by atoms with Gasteiger partial charge in [-0.15, -0.1) is 0 Å². The molecule has 47 heavy (non-hydrogen) atoms. The Hall–Kier alpha value is -3.93. The van der Waals surface area contributed by atoms with Crippen LogP contribution in [-0.4, -0.2) is 74.3 Å². The van der Waals surface area contributed by atoms with E-state index < -0.39 is 63.4 Å². The molecule has 258 valence electrons. The van der Waals surface area contributed by atoms with Gasteiger partial charge in [0.15, 0.2) is 9.84 Å². The van der Waals surface area contributed by atoms with Crippen LogP contribution in [0.4, 0.5) is 4.79 Å². The van der Waals surface area contributed by atoms with Gasteiger partial charge in [-0.1, -0.05) is 50.2 Å². The van der Waals surface area contributed by atoms with E-state index in [1.54, 1.807) is 34.6 Å². The number of alkyl carbamates (subject to hydrolysis) is 1. The quantitative estimate of drug-likeness (QED) is 0.316. The third-order valence-electron chi connectivity index (χ3n) is 7.83. The number of hydrogen-bond acceptors (Lipinski definition) is 8. The lowest BCUT2D eigenvalue weighted by atomic mass is 9.91. The highest BCUT2D eigenvalue weighted by molar-refractivity contribution is 7.90. The Balaban J connectivity index is 2.26. The zero-order valence-electron chi connectivity index (χ0n) is 28.8. The Morgan fingerprint density at radius 3 is 1.91 bits per heavy atom. The molecule has 11 nitrogen and oxygen atoms in total. The molecule has 1 aliphatic rings. The minimum absolute atomic E-state index is 0.0297. The Labute approximate surface area is 278 Å². The summed E-state index contributed by atoms with van der Waals surface area (Å²) in [7, 11) is -2.35. The van der Waals surface area contributed by atoms with Crippen LogP contribution in [0.15, 0.2) is 53.4 Å². The lowest BCUT2D eigenvalue weighted by Crippen LogP contribution is -2.60. The van der Waals surface area contributed by atoms with Gasteiger partial charge in [0.05, 0.1) is 12.0 Å². The number of nitrogens with zero attached hydrogens (tertiary/aromatic N) is 1. The average Bonchev–Trinajstić information content (AvgIpc) is 3.39. The van der Waals surface area contributed by atoms with Crippen LogP contribution in [-0.2, 0) is 46.5 Å². The third kappa shape index (κ3) is 10.0. The fraction of sp³-hybridized carbons (Fsp3) is 0.543.